The van der Waals surface area contributed by atoms with Crippen molar-refractivity contribution in [2.75, 3.05) is 6.26 Å². The van der Waals surface area contributed by atoms with Crippen LogP contribution in [-0.2, 0) is 16.2 Å². The van der Waals surface area contributed by atoms with Gasteiger partial charge >= 0.3 is 58.4 Å². The first-order chi connectivity index (χ1) is 6.70. The molecule has 0 aliphatic carbocycles. The minimum Gasteiger partial charge on any atom is -0.449 e. The van der Waals surface area contributed by atoms with Gasteiger partial charge in [-0.25, -0.2) is 13.4 Å². The molecular formula is C7H8BF3KNO2S. The Balaban J connectivity index is 0.00000225. The average Bonchev–Trinajstić information content (AvgIpc) is 1.99. The van der Waals surface area contributed by atoms with Gasteiger partial charge in [0, 0.05) is 12.5 Å². The third-order valence-corrected chi connectivity index (χ3v) is 2.72. The van der Waals surface area contributed by atoms with E-state index in [1.54, 1.807) is 0 Å². The normalized spacial score (nSPS) is 12.0. The zero-order valence-electron chi connectivity index (χ0n) is 8.82. The van der Waals surface area contributed by atoms with Crippen molar-refractivity contribution in [2.45, 2.75) is 11.3 Å². The molecule has 0 saturated heterocycles. The molecule has 1 aromatic rings. The summed E-state index contributed by atoms with van der Waals surface area (Å²) >= 11 is 0. The molecule has 3 nitrogen and oxygen atoms in total. The van der Waals surface area contributed by atoms with Crippen LogP contribution in [0.4, 0.5) is 12.9 Å². The van der Waals surface area contributed by atoms with E-state index < -0.39 is 28.2 Å². The van der Waals surface area contributed by atoms with Gasteiger partial charge < -0.3 is 12.9 Å². The van der Waals surface area contributed by atoms with Crippen LogP contribution >= 0.6 is 0 Å². The fraction of sp³-hybridized carbons (Fsp3) is 0.286. The van der Waals surface area contributed by atoms with Gasteiger partial charge in [-0.2, -0.15) is 0 Å². The third-order valence-electron chi connectivity index (χ3n) is 1.65. The van der Waals surface area contributed by atoms with Crippen LogP contribution in [0.3, 0.4) is 0 Å². The summed E-state index contributed by atoms with van der Waals surface area (Å²) in [7, 11) is -3.71. The third kappa shape index (κ3) is 5.28. The molecule has 0 amide bonds. The molecule has 0 saturated carbocycles. The zero-order valence-corrected chi connectivity index (χ0v) is 12.8. The molecule has 0 atom stereocenters. The van der Waals surface area contributed by atoms with Crippen molar-refractivity contribution in [1.82, 2.24) is 4.98 Å². The maximum Gasteiger partial charge on any atom is 1.00 e. The standard InChI is InChI=1S/C7H8BF3NO2S.K/c1-15(13,14)7-6(3-2-4-12-7)5-8(9,10)11;/h2-4H,5H2,1H3;/q-1;+1. The number of hydrogen-bond donors (Lipinski definition) is 0. The molecule has 0 aliphatic rings. The SMILES string of the molecule is CS(=O)(=O)c1ncccc1C[B-](F)(F)F.[K+]. The fourth-order valence-corrected chi connectivity index (χ4v) is 2.04. The van der Waals surface area contributed by atoms with E-state index in [4.69, 9.17) is 0 Å². The molecule has 84 valence electrons. The van der Waals surface area contributed by atoms with E-state index >= 15 is 0 Å². The van der Waals surface area contributed by atoms with Gasteiger partial charge in [0.15, 0.2) is 14.9 Å². The Morgan fingerprint density at radius 3 is 2.38 bits per heavy atom. The van der Waals surface area contributed by atoms with Gasteiger partial charge in [0.05, 0.1) is 0 Å². The minimum absolute atomic E-state index is 0. The van der Waals surface area contributed by atoms with Crippen LogP contribution in [-0.4, -0.2) is 26.6 Å². The summed E-state index contributed by atoms with van der Waals surface area (Å²) < 4.78 is 58.7. The number of hydrogen-bond acceptors (Lipinski definition) is 3. The van der Waals surface area contributed by atoms with E-state index in [0.29, 0.717) is 0 Å². The van der Waals surface area contributed by atoms with Crippen molar-refractivity contribution in [3.63, 3.8) is 0 Å². The van der Waals surface area contributed by atoms with E-state index in [0.717, 1.165) is 18.5 Å². The van der Waals surface area contributed by atoms with E-state index in [2.05, 4.69) is 4.98 Å². The zero-order chi connectivity index (χ0) is 11.7. The van der Waals surface area contributed by atoms with Gasteiger partial charge in [-0.15, -0.1) is 0 Å². The Bertz CT molecular complexity index is 463. The van der Waals surface area contributed by atoms with Crippen LogP contribution in [0.25, 0.3) is 0 Å². The molecule has 0 unspecified atom stereocenters. The summed E-state index contributed by atoms with van der Waals surface area (Å²) in [6.45, 7) is -5.06. The van der Waals surface area contributed by atoms with Gasteiger partial charge in [0.1, 0.15) is 0 Å². The monoisotopic (exact) mass is 277 g/mol. The van der Waals surface area contributed by atoms with Gasteiger partial charge in [0.2, 0.25) is 0 Å². The van der Waals surface area contributed by atoms with Crippen LogP contribution in [0.1, 0.15) is 5.56 Å². The maximum absolute atomic E-state index is 12.1. The van der Waals surface area contributed by atoms with Crippen LogP contribution in [0, 0.1) is 0 Å². The molecule has 0 spiro atoms. The van der Waals surface area contributed by atoms with Gasteiger partial charge in [0.25, 0.3) is 0 Å². The van der Waals surface area contributed by atoms with E-state index in [1.165, 1.54) is 6.07 Å². The summed E-state index contributed by atoms with van der Waals surface area (Å²) in [4.78, 5) is 3.46. The predicted octanol–water partition coefficient (Wildman–Crippen LogP) is -1.58. The molecular weight excluding hydrogens is 269 g/mol. The van der Waals surface area contributed by atoms with Crippen molar-refractivity contribution >= 4 is 16.8 Å². The molecule has 1 heterocycles. The topological polar surface area (TPSA) is 47.0 Å². The first-order valence-corrected chi connectivity index (χ1v) is 5.94. The first-order valence-electron chi connectivity index (χ1n) is 4.05. The summed E-state index contributed by atoms with van der Waals surface area (Å²) in [5.74, 6) is 0. The molecule has 16 heavy (non-hydrogen) atoms. The number of aromatic nitrogens is 1. The maximum atomic E-state index is 12.1. The first kappa shape index (κ1) is 16.6. The molecule has 0 aliphatic heterocycles. The summed E-state index contributed by atoms with van der Waals surface area (Å²) in [6.07, 6.45) is 0.766. The van der Waals surface area contributed by atoms with Crippen LogP contribution in [0.5, 0.6) is 0 Å². The molecule has 9 heteroatoms. The Hall–Kier alpha value is 0.591. The predicted molar refractivity (Wildman–Crippen MR) is 50.1 cm³/mol. The van der Waals surface area contributed by atoms with Crippen molar-refractivity contribution in [3.05, 3.63) is 23.9 Å². The molecule has 0 N–H and O–H groups in total. The summed E-state index contributed by atoms with van der Waals surface area (Å²) in [5.41, 5.74) is -0.299. The quantitative estimate of drug-likeness (QED) is 0.626. The number of sulfone groups is 1. The number of pyridine rings is 1. The van der Waals surface area contributed by atoms with E-state index in [-0.39, 0.29) is 56.9 Å². The van der Waals surface area contributed by atoms with Crippen LogP contribution < -0.4 is 51.4 Å². The molecule has 1 rings (SSSR count). The summed E-state index contributed by atoms with van der Waals surface area (Å²) in [5, 5.41) is -0.496. The Morgan fingerprint density at radius 1 is 1.38 bits per heavy atom. The number of halogens is 3. The van der Waals surface area contributed by atoms with Crippen molar-refractivity contribution in [3.8, 4) is 0 Å². The molecule has 0 aromatic carbocycles. The minimum atomic E-state index is -5.06. The van der Waals surface area contributed by atoms with Crippen molar-refractivity contribution in [2.24, 2.45) is 0 Å². The second-order valence-corrected chi connectivity index (χ2v) is 5.09. The molecule has 0 radical (unpaired) electrons. The Morgan fingerprint density at radius 2 is 1.94 bits per heavy atom. The second kappa shape index (κ2) is 5.96. The number of rotatable bonds is 3. The Kier molecular flexibility index (Phi) is 6.18. The van der Waals surface area contributed by atoms with Gasteiger partial charge in [-0.3, -0.25) is 0 Å². The van der Waals surface area contributed by atoms with Gasteiger partial charge in [-0.05, 0) is 11.6 Å². The molecule has 0 bridgehead atoms. The van der Waals surface area contributed by atoms with Crippen molar-refractivity contribution in [1.29, 1.82) is 0 Å². The fourth-order valence-electron chi connectivity index (χ4n) is 1.16. The van der Waals surface area contributed by atoms with E-state index in [9.17, 15) is 21.4 Å². The molecule has 1 aromatic heterocycles. The van der Waals surface area contributed by atoms with Gasteiger partial charge in [-0.1, -0.05) is 12.4 Å². The van der Waals surface area contributed by atoms with Crippen LogP contribution in [0.2, 0.25) is 0 Å². The van der Waals surface area contributed by atoms with E-state index in [1.807, 2.05) is 0 Å². The summed E-state index contributed by atoms with van der Waals surface area (Å²) in [6, 6.07) is 2.41. The molecule has 0 fully saturated rings. The average molecular weight is 277 g/mol. The largest absolute Gasteiger partial charge is 1.00 e. The Labute approximate surface area is 134 Å². The van der Waals surface area contributed by atoms with Crippen LogP contribution in [0.15, 0.2) is 23.4 Å². The smallest absolute Gasteiger partial charge is 0.449 e. The number of nitrogens with zero attached hydrogens (tertiary/aromatic N) is 1. The second-order valence-electron chi connectivity index (χ2n) is 3.15. The van der Waals surface area contributed by atoms with Crippen molar-refractivity contribution < 1.29 is 72.7 Å².